The number of nitrogens with one attached hydrogen (secondary N) is 3. The number of aromatic amines is 3. The second-order valence-electron chi connectivity index (χ2n) is 26.7. The Bertz CT molecular complexity index is 4620. The van der Waals surface area contributed by atoms with Crippen molar-refractivity contribution in [3.05, 3.63) is 190 Å². The van der Waals surface area contributed by atoms with E-state index >= 15 is 0 Å². The summed E-state index contributed by atoms with van der Waals surface area (Å²) in [4.78, 5) is 113. The summed E-state index contributed by atoms with van der Waals surface area (Å²) in [5, 5.41) is 64.7. The number of nitrogens with zero attached hydrogens (tertiary/aromatic N) is 3. The Morgan fingerprint density at radius 3 is 0.860 bits per heavy atom. The van der Waals surface area contributed by atoms with E-state index in [1.807, 2.05) is 0 Å². The normalized spacial score (nSPS) is 26.8. The average Bonchev–Trinajstić information content (AvgIpc) is 1.59. The number of hydrogen-bond acceptors (Lipinski definition) is 30. The van der Waals surface area contributed by atoms with Gasteiger partial charge in [0.25, 0.3) is 16.7 Å². The van der Waals surface area contributed by atoms with E-state index in [-0.39, 0.29) is 49.5 Å². The number of benzene rings is 3. The fourth-order valence-electron chi connectivity index (χ4n) is 10.6. The third kappa shape index (κ3) is 23.1. The smallest absolute Gasteiger partial charge is 0.380 e. The Kier molecular flexibility index (Phi) is 28.7. The third-order valence-corrected chi connectivity index (χ3v) is 21.9. The van der Waals surface area contributed by atoms with Crippen LogP contribution in [0.25, 0.3) is 0 Å². The third-order valence-electron chi connectivity index (χ3n) is 16.3. The molecule has 3 fully saturated rings. The first-order chi connectivity index (χ1) is 55.6. The minimum atomic E-state index is -4.68. The maximum Gasteiger partial charge on any atom is 0.380 e. The van der Waals surface area contributed by atoms with Gasteiger partial charge >= 0.3 is 57.8 Å². The molecule has 3 aliphatic rings. The van der Waals surface area contributed by atoms with Crippen LogP contribution in [-0.2, 0) is 70.1 Å². The van der Waals surface area contributed by atoms with E-state index in [2.05, 4.69) is 0 Å². The highest BCUT2D eigenvalue weighted by atomic mass is 31.2. The van der Waals surface area contributed by atoms with E-state index in [1.54, 1.807) is 74.7 Å². The molecule has 4 unspecified atom stereocenters. The first-order valence-electron chi connectivity index (χ1n) is 37.2. The van der Waals surface area contributed by atoms with Crippen molar-refractivity contribution in [3.8, 4) is 17.2 Å². The summed E-state index contributed by atoms with van der Waals surface area (Å²) >= 11 is 0. The Hall–Kier alpha value is -8.70. The highest BCUT2D eigenvalue weighted by Gasteiger charge is 2.60. The summed E-state index contributed by atoms with van der Waals surface area (Å²) in [7, 11) is -14.0. The van der Waals surface area contributed by atoms with Crippen LogP contribution in [0.3, 0.4) is 0 Å². The molecule has 114 heavy (non-hydrogen) atoms. The van der Waals surface area contributed by atoms with Crippen LogP contribution in [0.15, 0.2) is 138 Å². The van der Waals surface area contributed by atoms with Gasteiger partial charge in [-0.25, -0.2) is 41.3 Å². The summed E-state index contributed by atoms with van der Waals surface area (Å²) in [6, 6.07) is 22.2. The zero-order valence-corrected chi connectivity index (χ0v) is 64.4. The van der Waals surface area contributed by atoms with Crippen molar-refractivity contribution in [1.29, 1.82) is 0 Å². The predicted octanol–water partition coefficient (Wildman–Crippen LogP) is 4.53. The molecule has 3 aliphatic heterocycles. The number of aromatic nitrogens is 6. The van der Waals surface area contributed by atoms with Crippen LogP contribution in [-0.4, -0.2) is 207 Å². The van der Waals surface area contributed by atoms with Crippen LogP contribution < -0.4 is 47.3 Å². The van der Waals surface area contributed by atoms with E-state index in [9.17, 15) is 114 Å². The summed E-state index contributed by atoms with van der Waals surface area (Å²) in [5.41, 5.74) is -17.5. The van der Waals surface area contributed by atoms with Gasteiger partial charge in [-0.05, 0) is 77.9 Å². The van der Waals surface area contributed by atoms with Crippen molar-refractivity contribution in [3.63, 3.8) is 0 Å². The number of hydrogen-bond donors (Lipinski definition) is 9. The largest absolute Gasteiger partial charge is 0.463 e. The van der Waals surface area contributed by atoms with Crippen LogP contribution >= 0.6 is 22.8 Å². The molecule has 6 heterocycles. The summed E-state index contributed by atoms with van der Waals surface area (Å²) in [6.07, 6.45) is -24.1. The number of carbonyl (C=O) groups excluding carboxylic acids is 3. The topological polar surface area (TPSA) is 499 Å². The molecule has 3 aromatic carbocycles. The lowest BCUT2D eigenvalue weighted by molar-refractivity contribution is -0.152. The minimum absolute atomic E-state index is 0.0349. The lowest BCUT2D eigenvalue weighted by Crippen LogP contribution is -2.51. The van der Waals surface area contributed by atoms with Gasteiger partial charge in [0.15, 0.2) is 35.5 Å². The van der Waals surface area contributed by atoms with Crippen molar-refractivity contribution < 1.29 is 149 Å². The molecule has 630 valence electrons. The highest BCUT2D eigenvalue weighted by molar-refractivity contribution is 7.55. The number of para-hydroxylation sites is 3. The quantitative estimate of drug-likeness (QED) is 0.0118. The molecule has 9 rings (SSSR count). The van der Waals surface area contributed by atoms with Crippen molar-refractivity contribution in [2.24, 2.45) is 17.8 Å². The van der Waals surface area contributed by atoms with Crippen molar-refractivity contribution in [1.82, 2.24) is 28.7 Å². The standard InChI is InChI=1S/3C23H29F2N2O10P/c3*1-13(2)35-20(30)14(3)11-38(33,37-15-7-5-4-6-8-15)34-10-17-18(28)23(32,12-24)21(36-17)27-9-16(25)19(29)26-22(27)31/h3*4-9,13-14,17-18,21,28,32H,10-12H2,1-3H3,(H,26,29,31)/t14-,17-,18+,21-,23?,38?;14-,17-,18+,21-,23?,38+;14-,17-,18+,21-,23?,38-/m111/s1/i3*10D2. The molecule has 0 spiro atoms. The van der Waals surface area contributed by atoms with Gasteiger partial charge in [-0.1, -0.05) is 75.4 Å². The van der Waals surface area contributed by atoms with Crippen LogP contribution in [0.2, 0.25) is 0 Å². The monoisotopic (exact) mass is 1690 g/mol. The lowest BCUT2D eigenvalue weighted by atomic mass is 9.95. The Morgan fingerprint density at radius 1 is 0.439 bits per heavy atom. The molecule has 0 amide bonds. The van der Waals surface area contributed by atoms with Crippen LogP contribution in [0, 0.1) is 35.2 Å². The molecule has 36 nitrogen and oxygen atoms in total. The Balaban J connectivity index is 0.000000248. The van der Waals surface area contributed by atoms with E-state index < -0.39 is 258 Å². The fraction of sp³-hybridized carbons (Fsp3) is 0.522. The minimum Gasteiger partial charge on any atom is -0.463 e. The number of halogens is 6. The van der Waals surface area contributed by atoms with Crippen molar-refractivity contribution in [2.75, 3.05) is 58.2 Å². The zero-order valence-electron chi connectivity index (χ0n) is 67.7. The number of aliphatic hydroxyl groups excluding tert-OH is 3. The van der Waals surface area contributed by atoms with E-state index in [1.165, 1.54) is 93.6 Å². The number of aliphatic hydroxyl groups is 6. The van der Waals surface area contributed by atoms with Crippen LogP contribution in [0.5, 0.6) is 17.2 Å². The average molecular weight is 1690 g/mol. The molecule has 0 radical (unpaired) electrons. The predicted molar refractivity (Wildman–Crippen MR) is 384 cm³/mol. The molecule has 0 saturated carbocycles. The van der Waals surface area contributed by atoms with Gasteiger partial charge < -0.3 is 72.6 Å². The van der Waals surface area contributed by atoms with E-state index in [4.69, 9.17) is 63.8 Å². The molecule has 18 atom stereocenters. The highest BCUT2D eigenvalue weighted by Crippen LogP contribution is 2.54. The van der Waals surface area contributed by atoms with Gasteiger partial charge in [0.05, 0.1) is 101 Å². The maximum absolute atomic E-state index is 14.1. The second-order valence-corrected chi connectivity index (χ2v) is 32.6. The van der Waals surface area contributed by atoms with Crippen LogP contribution in [0.1, 0.15) is 89.2 Å². The van der Waals surface area contributed by atoms with Crippen molar-refractivity contribution in [2.45, 2.75) is 153 Å². The van der Waals surface area contributed by atoms with Crippen LogP contribution in [0.4, 0.5) is 26.3 Å². The maximum atomic E-state index is 14.1. The number of H-pyrrole nitrogens is 3. The summed E-state index contributed by atoms with van der Waals surface area (Å²) < 4.78 is 240. The molecule has 45 heteroatoms. The first kappa shape index (κ1) is 83.3. The number of ether oxygens (including phenoxy) is 6. The number of alkyl halides is 3. The molecular weight excluding hydrogens is 1600 g/mol. The zero-order chi connectivity index (χ0) is 90.1. The molecule has 6 aromatic rings. The van der Waals surface area contributed by atoms with Gasteiger partial charge in [0, 0.05) is 0 Å². The molecular formula is C69H87F6N6O30P3. The van der Waals surface area contributed by atoms with Gasteiger partial charge in [0.1, 0.15) is 73.9 Å². The SMILES string of the molecule is [2H]C([2H])(OP(=O)(C[C@@H](C)C(=O)OC(C)C)Oc1ccccc1)[C@H]1O[C@@H](n2cc(F)c(=O)[nH]c2=O)C(O)(CF)[C@H]1O.[2H]C([2H])(O[P@@](=O)(C[C@@H](C)C(=O)OC(C)C)Oc1ccccc1)[C@H]1O[C@@H](n2cc(F)c(=O)[nH]c2=O)C(O)(CF)[C@H]1O.[2H]C([2H])(O[P@](=O)(C[C@@H](C)C(=O)OC(C)C)Oc1ccccc1)[C@H]1O[C@@H](n2cc(F)c(=O)[nH]c2=O)C(O)(CF)[C@H]1O. The van der Waals surface area contributed by atoms with E-state index in [0.717, 1.165) is 0 Å². The molecule has 3 saturated heterocycles. The van der Waals surface area contributed by atoms with Gasteiger partial charge in [-0.3, -0.25) is 71.0 Å². The number of esters is 3. The first-order valence-corrected chi connectivity index (χ1v) is 39.4. The Labute approximate surface area is 651 Å². The van der Waals surface area contributed by atoms with Crippen molar-refractivity contribution >= 4 is 40.7 Å². The fourth-order valence-corrected chi connectivity index (χ4v) is 15.8. The summed E-state index contributed by atoms with van der Waals surface area (Å²) in [5.74, 6) is -10.5. The molecule has 3 aromatic heterocycles. The van der Waals surface area contributed by atoms with Gasteiger partial charge in [-0.2, -0.15) is 13.2 Å². The lowest BCUT2D eigenvalue weighted by Gasteiger charge is -2.28. The van der Waals surface area contributed by atoms with E-state index in [0.29, 0.717) is 0 Å². The second kappa shape index (κ2) is 39.3. The van der Waals surface area contributed by atoms with Gasteiger partial charge in [0.2, 0.25) is 17.5 Å². The molecule has 0 aliphatic carbocycles. The number of rotatable bonds is 33. The Morgan fingerprint density at radius 2 is 0.658 bits per heavy atom. The summed E-state index contributed by atoms with van der Waals surface area (Å²) in [6.45, 7) is -1.99. The molecule has 9 N–H and O–H groups in total. The number of carbonyl (C=O) groups is 3. The van der Waals surface area contributed by atoms with Gasteiger partial charge in [-0.15, -0.1) is 0 Å². The molecule has 0 bridgehead atoms.